The molecule has 3 aliphatic rings. The van der Waals surface area contributed by atoms with Crippen molar-refractivity contribution in [1.29, 1.82) is 0 Å². The van der Waals surface area contributed by atoms with Gasteiger partial charge >= 0.3 is 0 Å². The number of carbonyl (C=O) groups is 1. The van der Waals surface area contributed by atoms with E-state index in [1.807, 2.05) is 11.0 Å². The summed E-state index contributed by atoms with van der Waals surface area (Å²) in [4.78, 5) is 19.4. The Morgan fingerprint density at radius 2 is 1.75 bits per heavy atom. The van der Waals surface area contributed by atoms with E-state index in [1.54, 1.807) is 23.5 Å². The first-order valence-electron chi connectivity index (χ1n) is 11.4. The van der Waals surface area contributed by atoms with Crippen LogP contribution in [0.3, 0.4) is 0 Å². The van der Waals surface area contributed by atoms with E-state index < -0.39 is 10.0 Å². The van der Waals surface area contributed by atoms with Crippen molar-refractivity contribution in [3.8, 4) is 0 Å². The molecule has 4 heterocycles. The first-order chi connectivity index (χ1) is 15.5. The maximum absolute atomic E-state index is 13.7. The van der Waals surface area contributed by atoms with E-state index >= 15 is 0 Å². The van der Waals surface area contributed by atoms with E-state index in [-0.39, 0.29) is 10.8 Å². The van der Waals surface area contributed by atoms with Crippen LogP contribution >= 0.6 is 11.3 Å². The zero-order valence-corrected chi connectivity index (χ0v) is 19.8. The highest BCUT2D eigenvalue weighted by Crippen LogP contribution is 2.31. The summed E-state index contributed by atoms with van der Waals surface area (Å²) in [5, 5.41) is 2.08. The maximum Gasteiger partial charge on any atom is 0.256 e. The van der Waals surface area contributed by atoms with Gasteiger partial charge in [0.1, 0.15) is 0 Å². The number of sulfonamides is 1. The lowest BCUT2D eigenvalue weighted by molar-refractivity contribution is 0.0727. The third-order valence-corrected chi connectivity index (χ3v) is 9.52. The fourth-order valence-electron chi connectivity index (χ4n) is 4.79. The monoisotopic (exact) mass is 475 g/mol. The number of nitrogens with zero attached hydrogens (tertiary/aromatic N) is 3. The van der Waals surface area contributed by atoms with E-state index in [9.17, 15) is 13.2 Å². The number of hydrogen-bond acceptors (Lipinski definition) is 6. The number of hydrogen-bond donors (Lipinski definition) is 0. The lowest BCUT2D eigenvalue weighted by Gasteiger charge is -2.33. The molecule has 0 aliphatic carbocycles. The molecule has 0 saturated carbocycles. The molecule has 9 heteroatoms. The number of benzene rings is 1. The number of rotatable bonds is 4. The third-order valence-electron chi connectivity index (χ3n) is 6.60. The first-order valence-corrected chi connectivity index (χ1v) is 13.7. The summed E-state index contributed by atoms with van der Waals surface area (Å²) < 4.78 is 33.4. The Morgan fingerprint density at radius 1 is 0.969 bits per heavy atom. The second-order valence-electron chi connectivity index (χ2n) is 8.59. The zero-order chi connectivity index (χ0) is 22.1. The van der Waals surface area contributed by atoms with Crippen LogP contribution in [0.2, 0.25) is 0 Å². The van der Waals surface area contributed by atoms with Crippen LogP contribution in [0, 0.1) is 0 Å². The number of thiophene rings is 1. The summed E-state index contributed by atoms with van der Waals surface area (Å²) in [6.45, 7) is 4.50. The summed E-state index contributed by atoms with van der Waals surface area (Å²) >= 11 is 1.74. The van der Waals surface area contributed by atoms with Gasteiger partial charge < -0.3 is 14.5 Å². The normalized spacial score (nSPS) is 20.2. The van der Waals surface area contributed by atoms with Crippen LogP contribution in [-0.2, 0) is 27.7 Å². The Bertz CT molecular complexity index is 1090. The van der Waals surface area contributed by atoms with Gasteiger partial charge in [0.2, 0.25) is 10.0 Å². The molecule has 5 rings (SSSR count). The van der Waals surface area contributed by atoms with Crippen LogP contribution in [-0.4, -0.2) is 69.5 Å². The SMILES string of the molecule is O=C(c1cc(S(=O)(=O)N2CCOCC2)ccc1N1CCCCC1)N1CCc2sccc2C1. The summed E-state index contributed by atoms with van der Waals surface area (Å²) in [6, 6.07) is 7.20. The predicted octanol–water partition coefficient (Wildman–Crippen LogP) is 2.96. The Labute approximate surface area is 193 Å². The molecule has 1 aromatic carbocycles. The number of amides is 1. The molecule has 2 fully saturated rings. The van der Waals surface area contributed by atoms with E-state index in [0.717, 1.165) is 38.0 Å². The molecular weight excluding hydrogens is 446 g/mol. The van der Waals surface area contributed by atoms with Gasteiger partial charge in [0.15, 0.2) is 0 Å². The van der Waals surface area contributed by atoms with Gasteiger partial charge in [0.25, 0.3) is 5.91 Å². The van der Waals surface area contributed by atoms with Gasteiger partial charge in [-0.1, -0.05) is 0 Å². The number of fused-ring (bicyclic) bond motifs is 1. The van der Waals surface area contributed by atoms with Crippen LogP contribution in [0.1, 0.15) is 40.1 Å². The Balaban J connectivity index is 1.50. The molecule has 0 bridgehead atoms. The van der Waals surface area contributed by atoms with Gasteiger partial charge in [-0.2, -0.15) is 4.31 Å². The Hall–Kier alpha value is -1.94. The maximum atomic E-state index is 13.7. The average Bonchev–Trinajstić information content (AvgIpc) is 3.32. The van der Waals surface area contributed by atoms with E-state index in [0.29, 0.717) is 45.0 Å². The van der Waals surface area contributed by atoms with Crippen molar-refractivity contribution in [2.75, 3.05) is 50.8 Å². The minimum Gasteiger partial charge on any atom is -0.379 e. The smallest absolute Gasteiger partial charge is 0.256 e. The topological polar surface area (TPSA) is 70.2 Å². The fraction of sp³-hybridized carbons (Fsp3) is 0.522. The Kier molecular flexibility index (Phi) is 6.24. The van der Waals surface area contributed by atoms with Crippen molar-refractivity contribution in [2.24, 2.45) is 0 Å². The fourth-order valence-corrected chi connectivity index (χ4v) is 7.11. The number of piperidine rings is 1. The number of anilines is 1. The molecule has 7 nitrogen and oxygen atoms in total. The van der Waals surface area contributed by atoms with Crippen molar-refractivity contribution in [3.63, 3.8) is 0 Å². The largest absolute Gasteiger partial charge is 0.379 e. The standard InChI is InChI=1S/C23H29N3O4S2/c27-23(25-10-6-22-18(17-25)7-15-31-22)20-16-19(32(28,29)26-11-13-30-14-12-26)4-5-21(20)24-8-2-1-3-9-24/h4-5,7,15-16H,1-3,6,8-14,17H2. The molecule has 0 radical (unpaired) electrons. The van der Waals surface area contributed by atoms with Gasteiger partial charge in [-0.3, -0.25) is 4.79 Å². The highest BCUT2D eigenvalue weighted by Gasteiger charge is 2.31. The lowest BCUT2D eigenvalue weighted by Crippen LogP contribution is -2.41. The molecule has 2 aromatic rings. The summed E-state index contributed by atoms with van der Waals surface area (Å²) in [5.74, 6) is -0.0820. The highest BCUT2D eigenvalue weighted by atomic mass is 32.2. The van der Waals surface area contributed by atoms with Crippen LogP contribution in [0.25, 0.3) is 0 Å². The van der Waals surface area contributed by atoms with E-state index in [2.05, 4.69) is 16.3 Å². The minimum atomic E-state index is -3.67. The van der Waals surface area contributed by atoms with Crippen LogP contribution in [0.15, 0.2) is 34.5 Å². The van der Waals surface area contributed by atoms with E-state index in [1.165, 1.54) is 21.2 Å². The van der Waals surface area contributed by atoms with Gasteiger partial charge in [0.05, 0.1) is 23.7 Å². The van der Waals surface area contributed by atoms with Crippen molar-refractivity contribution >= 4 is 33.0 Å². The molecular formula is C23H29N3O4S2. The van der Waals surface area contributed by atoms with E-state index in [4.69, 9.17) is 4.74 Å². The summed E-state index contributed by atoms with van der Waals surface area (Å²) in [7, 11) is -3.67. The molecule has 32 heavy (non-hydrogen) atoms. The molecule has 0 spiro atoms. The lowest BCUT2D eigenvalue weighted by atomic mass is 10.0. The summed E-state index contributed by atoms with van der Waals surface area (Å²) in [6.07, 6.45) is 4.22. The van der Waals surface area contributed by atoms with Crippen LogP contribution < -0.4 is 4.90 Å². The second-order valence-corrected chi connectivity index (χ2v) is 11.5. The first kappa shape index (κ1) is 21.9. The van der Waals surface area contributed by atoms with Gasteiger partial charge in [0, 0.05) is 49.8 Å². The zero-order valence-electron chi connectivity index (χ0n) is 18.2. The molecule has 3 aliphatic heterocycles. The highest BCUT2D eigenvalue weighted by molar-refractivity contribution is 7.89. The predicted molar refractivity (Wildman–Crippen MR) is 125 cm³/mol. The molecule has 0 unspecified atom stereocenters. The molecule has 0 N–H and O–H groups in total. The van der Waals surface area contributed by atoms with Crippen molar-refractivity contribution in [1.82, 2.24) is 9.21 Å². The molecule has 0 atom stereocenters. The number of ether oxygens (including phenoxy) is 1. The Morgan fingerprint density at radius 3 is 2.53 bits per heavy atom. The third kappa shape index (κ3) is 4.19. The van der Waals surface area contributed by atoms with Crippen molar-refractivity contribution < 1.29 is 17.9 Å². The second kappa shape index (κ2) is 9.13. The number of morpholine rings is 1. The van der Waals surface area contributed by atoms with Crippen LogP contribution in [0.5, 0.6) is 0 Å². The quantitative estimate of drug-likeness (QED) is 0.680. The molecule has 2 saturated heterocycles. The summed E-state index contributed by atoms with van der Waals surface area (Å²) in [5.41, 5.74) is 2.55. The number of carbonyl (C=O) groups excluding carboxylic acids is 1. The molecule has 172 valence electrons. The average molecular weight is 476 g/mol. The van der Waals surface area contributed by atoms with Crippen molar-refractivity contribution in [2.45, 2.75) is 37.1 Å². The minimum absolute atomic E-state index is 0.0820. The van der Waals surface area contributed by atoms with Crippen LogP contribution in [0.4, 0.5) is 5.69 Å². The molecule has 1 amide bonds. The van der Waals surface area contributed by atoms with Gasteiger partial charge in [-0.25, -0.2) is 8.42 Å². The van der Waals surface area contributed by atoms with Crippen molar-refractivity contribution in [3.05, 3.63) is 45.6 Å². The van der Waals surface area contributed by atoms with Gasteiger partial charge in [-0.05, 0) is 60.9 Å². The molecule has 1 aromatic heterocycles. The van der Waals surface area contributed by atoms with Gasteiger partial charge in [-0.15, -0.1) is 11.3 Å².